The van der Waals surface area contributed by atoms with E-state index < -0.39 is 11.6 Å². The van der Waals surface area contributed by atoms with Gasteiger partial charge in [0.2, 0.25) is 0 Å². The van der Waals surface area contributed by atoms with Crippen LogP contribution in [0.15, 0.2) is 35.1 Å². The Morgan fingerprint density at radius 3 is 2.71 bits per heavy atom. The summed E-state index contributed by atoms with van der Waals surface area (Å²) in [4.78, 5) is 4.11. The molecule has 8 heteroatoms. The second-order valence-electron chi connectivity index (χ2n) is 5.57. The molecule has 0 bridgehead atoms. The number of nitrogens with zero attached hydrogens (tertiary/aromatic N) is 4. The van der Waals surface area contributed by atoms with Crippen molar-refractivity contribution in [2.24, 2.45) is 7.05 Å². The van der Waals surface area contributed by atoms with E-state index in [0.717, 1.165) is 0 Å². The minimum absolute atomic E-state index is 0.249. The number of halogens is 3. The summed E-state index contributed by atoms with van der Waals surface area (Å²) in [6.45, 7) is 1.79. The highest BCUT2D eigenvalue weighted by atomic mass is 79.9. The second kappa shape index (κ2) is 5.27. The van der Waals surface area contributed by atoms with Crippen molar-refractivity contribution in [1.29, 1.82) is 0 Å². The molecular formula is C16H12BrF2N5. The molecule has 24 heavy (non-hydrogen) atoms. The van der Waals surface area contributed by atoms with Crippen molar-refractivity contribution in [3.63, 3.8) is 0 Å². The second-order valence-corrected chi connectivity index (χ2v) is 6.48. The van der Waals surface area contributed by atoms with E-state index in [1.807, 2.05) is 0 Å². The minimum Gasteiger partial charge on any atom is -0.337 e. The van der Waals surface area contributed by atoms with E-state index in [2.05, 4.69) is 31.3 Å². The third-order valence-electron chi connectivity index (χ3n) is 3.76. The Labute approximate surface area is 144 Å². The van der Waals surface area contributed by atoms with Crippen LogP contribution in [0.1, 0.15) is 5.69 Å². The molecule has 0 radical (unpaired) electrons. The van der Waals surface area contributed by atoms with E-state index in [1.54, 1.807) is 41.5 Å². The molecular weight excluding hydrogens is 380 g/mol. The summed E-state index contributed by atoms with van der Waals surface area (Å²) in [6, 6.07) is 4.47. The van der Waals surface area contributed by atoms with Crippen molar-refractivity contribution in [2.45, 2.75) is 6.92 Å². The topological polar surface area (TPSA) is 47.1 Å². The van der Waals surface area contributed by atoms with Crippen LogP contribution in [0.5, 0.6) is 0 Å². The Kier molecular flexibility index (Phi) is 3.31. The van der Waals surface area contributed by atoms with Crippen LogP contribution in [-0.2, 0) is 7.05 Å². The lowest BCUT2D eigenvalue weighted by Gasteiger charge is -2.06. The number of imidazole rings is 1. The average Bonchev–Trinajstić information content (AvgIpc) is 3.00. The summed E-state index contributed by atoms with van der Waals surface area (Å²) in [6.07, 6.45) is 3.41. The van der Waals surface area contributed by atoms with Gasteiger partial charge in [0.1, 0.15) is 5.82 Å². The molecule has 5 nitrogen and oxygen atoms in total. The Morgan fingerprint density at radius 2 is 1.92 bits per heavy atom. The molecule has 122 valence electrons. The Hall–Kier alpha value is -2.48. The van der Waals surface area contributed by atoms with Crippen molar-refractivity contribution >= 4 is 44.0 Å². The number of fused-ring (bicyclic) bond motifs is 2. The Balaban J connectivity index is 1.85. The first kappa shape index (κ1) is 15.1. The maximum absolute atomic E-state index is 14.3. The summed E-state index contributed by atoms with van der Waals surface area (Å²) in [5.41, 5.74) is 2.05. The van der Waals surface area contributed by atoms with Gasteiger partial charge in [-0.15, -0.1) is 0 Å². The van der Waals surface area contributed by atoms with Crippen LogP contribution in [-0.4, -0.2) is 19.2 Å². The lowest BCUT2D eigenvalue weighted by atomic mass is 10.2. The molecule has 3 heterocycles. The highest BCUT2D eigenvalue weighted by Crippen LogP contribution is 2.31. The van der Waals surface area contributed by atoms with Gasteiger partial charge in [0.15, 0.2) is 17.3 Å². The van der Waals surface area contributed by atoms with Crippen LogP contribution in [0.3, 0.4) is 0 Å². The van der Waals surface area contributed by atoms with Gasteiger partial charge >= 0.3 is 0 Å². The average molecular weight is 392 g/mol. The molecule has 3 aromatic heterocycles. The van der Waals surface area contributed by atoms with Crippen LogP contribution in [0.2, 0.25) is 0 Å². The largest absolute Gasteiger partial charge is 0.337 e. The Morgan fingerprint density at radius 1 is 1.12 bits per heavy atom. The number of nitrogens with one attached hydrogen (secondary N) is 1. The summed E-state index contributed by atoms with van der Waals surface area (Å²) in [5, 5.41) is 7.64. The maximum atomic E-state index is 14.3. The van der Waals surface area contributed by atoms with E-state index in [-0.39, 0.29) is 5.65 Å². The zero-order valence-electron chi connectivity index (χ0n) is 12.8. The lowest BCUT2D eigenvalue weighted by molar-refractivity contribution is 0.630. The molecule has 0 aliphatic heterocycles. The van der Waals surface area contributed by atoms with Crippen LogP contribution in [0, 0.1) is 18.6 Å². The zero-order chi connectivity index (χ0) is 17.0. The lowest BCUT2D eigenvalue weighted by Crippen LogP contribution is -1.97. The molecule has 0 aliphatic carbocycles. The van der Waals surface area contributed by atoms with Crippen LogP contribution >= 0.6 is 15.9 Å². The fourth-order valence-corrected chi connectivity index (χ4v) is 3.19. The smallest absolute Gasteiger partial charge is 0.173 e. The van der Waals surface area contributed by atoms with E-state index in [0.29, 0.717) is 32.6 Å². The van der Waals surface area contributed by atoms with Crippen molar-refractivity contribution in [3.05, 3.63) is 52.4 Å². The van der Waals surface area contributed by atoms with Crippen molar-refractivity contribution in [2.75, 3.05) is 5.32 Å². The maximum Gasteiger partial charge on any atom is 0.173 e. The third kappa shape index (κ3) is 2.34. The number of aromatic nitrogens is 4. The van der Waals surface area contributed by atoms with Crippen molar-refractivity contribution in [3.8, 4) is 0 Å². The number of benzene rings is 1. The molecule has 0 atom stereocenters. The molecule has 0 unspecified atom stereocenters. The standard InChI is InChI=1S/C16H12BrF2N5/c1-8-6-24-7-10(5-12(19)16(24)20-8)21-15-14-11(18)3-9(17)4-13(14)23(2)22-15/h3-7H,1-2H3,(H,21,22). The predicted octanol–water partition coefficient (Wildman–Crippen LogP) is 4.31. The van der Waals surface area contributed by atoms with Gasteiger partial charge in [0.05, 0.1) is 22.3 Å². The first-order chi connectivity index (χ1) is 11.4. The van der Waals surface area contributed by atoms with Crippen molar-refractivity contribution in [1.82, 2.24) is 19.2 Å². The van der Waals surface area contributed by atoms with Gasteiger partial charge in [0.25, 0.3) is 0 Å². The van der Waals surface area contributed by atoms with E-state index in [9.17, 15) is 8.78 Å². The normalized spacial score (nSPS) is 11.5. The molecule has 0 amide bonds. The van der Waals surface area contributed by atoms with Crippen molar-refractivity contribution < 1.29 is 8.78 Å². The van der Waals surface area contributed by atoms with Gasteiger partial charge in [-0.25, -0.2) is 13.8 Å². The van der Waals surface area contributed by atoms with Gasteiger partial charge in [-0.2, -0.15) is 5.10 Å². The fourth-order valence-electron chi connectivity index (χ4n) is 2.78. The predicted molar refractivity (Wildman–Crippen MR) is 91.5 cm³/mol. The molecule has 0 saturated heterocycles. The number of pyridine rings is 1. The molecule has 1 aromatic carbocycles. The van der Waals surface area contributed by atoms with E-state index in [4.69, 9.17) is 0 Å². The fraction of sp³-hybridized carbons (Fsp3) is 0.125. The van der Waals surface area contributed by atoms with E-state index >= 15 is 0 Å². The van der Waals surface area contributed by atoms with Gasteiger partial charge in [0, 0.05) is 30.0 Å². The first-order valence-electron chi connectivity index (χ1n) is 7.16. The summed E-state index contributed by atoms with van der Waals surface area (Å²) in [5.74, 6) is -0.542. The highest BCUT2D eigenvalue weighted by molar-refractivity contribution is 9.10. The molecule has 0 saturated carbocycles. The summed E-state index contributed by atoms with van der Waals surface area (Å²) < 4.78 is 32.3. The van der Waals surface area contributed by atoms with Gasteiger partial charge in [-0.05, 0) is 19.1 Å². The first-order valence-corrected chi connectivity index (χ1v) is 7.95. The number of rotatable bonds is 2. The number of hydrogen-bond acceptors (Lipinski definition) is 3. The highest BCUT2D eigenvalue weighted by Gasteiger charge is 2.15. The summed E-state index contributed by atoms with van der Waals surface area (Å²) in [7, 11) is 1.72. The summed E-state index contributed by atoms with van der Waals surface area (Å²) >= 11 is 3.27. The molecule has 0 aliphatic rings. The Bertz CT molecular complexity index is 1100. The van der Waals surface area contributed by atoms with Crippen LogP contribution in [0.4, 0.5) is 20.3 Å². The zero-order valence-corrected chi connectivity index (χ0v) is 14.4. The monoisotopic (exact) mass is 391 g/mol. The third-order valence-corrected chi connectivity index (χ3v) is 4.22. The van der Waals surface area contributed by atoms with Gasteiger partial charge in [-0.3, -0.25) is 4.68 Å². The number of hydrogen-bond donors (Lipinski definition) is 1. The molecule has 4 aromatic rings. The van der Waals surface area contributed by atoms with E-state index in [1.165, 1.54) is 12.1 Å². The quantitative estimate of drug-likeness (QED) is 0.553. The molecule has 1 N–H and O–H groups in total. The SMILES string of the molecule is Cc1cn2cc(Nc3nn(C)c4cc(Br)cc(F)c34)cc(F)c2n1. The van der Waals surface area contributed by atoms with Gasteiger partial charge < -0.3 is 9.72 Å². The minimum atomic E-state index is -0.462. The van der Waals surface area contributed by atoms with Gasteiger partial charge in [-0.1, -0.05) is 15.9 Å². The van der Waals surface area contributed by atoms with Crippen LogP contribution < -0.4 is 5.32 Å². The molecule has 0 fully saturated rings. The number of anilines is 2. The van der Waals surface area contributed by atoms with Crippen LogP contribution in [0.25, 0.3) is 16.6 Å². The number of aryl methyl sites for hydroxylation is 2. The molecule has 0 spiro atoms. The molecule has 4 rings (SSSR count).